The molecule has 1 atom stereocenters. The number of hydrogen-bond donors (Lipinski definition) is 2. The molecule has 4 nitrogen and oxygen atoms in total. The van der Waals surface area contributed by atoms with Gasteiger partial charge in [0.15, 0.2) is 6.61 Å². The van der Waals surface area contributed by atoms with Crippen LogP contribution in [0, 0.1) is 18.2 Å². The molecule has 0 aromatic heterocycles. The van der Waals surface area contributed by atoms with Crippen LogP contribution in [0.15, 0.2) is 18.2 Å². The Morgan fingerprint density at radius 2 is 2.32 bits per heavy atom. The average molecular weight is 264 g/mol. The van der Waals surface area contributed by atoms with Gasteiger partial charge in [0.2, 0.25) is 0 Å². The fraction of sp³-hybridized carbons (Fsp3) is 0.357. The first kappa shape index (κ1) is 15.0. The smallest absolute Gasteiger partial charge is 0.258 e. The fourth-order valence-electron chi connectivity index (χ4n) is 1.54. The van der Waals surface area contributed by atoms with Gasteiger partial charge in [0.05, 0.1) is 6.54 Å². The van der Waals surface area contributed by atoms with Crippen LogP contribution in [0.1, 0.15) is 12.5 Å². The Labute approximate surface area is 112 Å². The van der Waals surface area contributed by atoms with Gasteiger partial charge in [-0.05, 0) is 31.0 Å². The maximum atomic E-state index is 13.4. The summed E-state index contributed by atoms with van der Waals surface area (Å²) in [5, 5.41) is 2.45. The van der Waals surface area contributed by atoms with Crippen LogP contribution < -0.4 is 15.8 Å². The van der Waals surface area contributed by atoms with E-state index in [1.54, 1.807) is 6.07 Å². The van der Waals surface area contributed by atoms with E-state index in [2.05, 4.69) is 11.2 Å². The van der Waals surface area contributed by atoms with Gasteiger partial charge in [-0.2, -0.15) is 0 Å². The Balaban J connectivity index is 2.60. The Kier molecular flexibility index (Phi) is 5.83. The first-order valence-electron chi connectivity index (χ1n) is 5.89. The first-order chi connectivity index (χ1) is 9.01. The van der Waals surface area contributed by atoms with E-state index in [1.807, 2.05) is 6.92 Å². The quantitative estimate of drug-likeness (QED) is 0.748. The molecule has 1 unspecified atom stereocenters. The van der Waals surface area contributed by atoms with Crippen molar-refractivity contribution in [3.8, 4) is 18.1 Å². The van der Waals surface area contributed by atoms with Gasteiger partial charge in [0.1, 0.15) is 11.6 Å². The number of halogens is 1. The highest BCUT2D eigenvalue weighted by Crippen LogP contribution is 2.17. The molecular formula is C14H17FN2O2. The molecule has 1 aromatic carbocycles. The second-order valence-corrected chi connectivity index (χ2v) is 4.25. The number of amides is 1. The SMILES string of the molecule is C#CCNC(=O)COc1cc(F)cc(CC(C)N)c1. The largest absolute Gasteiger partial charge is 0.484 e. The highest BCUT2D eigenvalue weighted by Gasteiger charge is 2.06. The second-order valence-electron chi connectivity index (χ2n) is 4.25. The van der Waals surface area contributed by atoms with Crippen molar-refractivity contribution in [1.29, 1.82) is 0 Å². The number of nitrogens with two attached hydrogens (primary N) is 1. The van der Waals surface area contributed by atoms with Gasteiger partial charge in [0, 0.05) is 12.1 Å². The lowest BCUT2D eigenvalue weighted by molar-refractivity contribution is -0.122. The van der Waals surface area contributed by atoms with Crippen molar-refractivity contribution >= 4 is 5.91 Å². The third-order valence-corrected chi connectivity index (χ3v) is 2.25. The summed E-state index contributed by atoms with van der Waals surface area (Å²) in [6.45, 7) is 1.77. The van der Waals surface area contributed by atoms with Gasteiger partial charge in [-0.15, -0.1) is 6.42 Å². The van der Waals surface area contributed by atoms with Gasteiger partial charge in [-0.3, -0.25) is 4.79 Å². The van der Waals surface area contributed by atoms with Gasteiger partial charge in [-0.1, -0.05) is 5.92 Å². The molecule has 0 fully saturated rings. The van der Waals surface area contributed by atoms with Crippen LogP contribution in [0.3, 0.4) is 0 Å². The predicted octanol–water partition coefficient (Wildman–Crippen LogP) is 0.844. The molecule has 3 N–H and O–H groups in total. The van der Waals surface area contributed by atoms with E-state index in [-0.39, 0.29) is 25.1 Å². The van der Waals surface area contributed by atoms with Crippen molar-refractivity contribution in [1.82, 2.24) is 5.32 Å². The number of carbonyl (C=O) groups excluding carboxylic acids is 1. The Morgan fingerprint density at radius 1 is 1.58 bits per heavy atom. The summed E-state index contributed by atoms with van der Waals surface area (Å²) in [7, 11) is 0. The minimum absolute atomic E-state index is 0.0754. The van der Waals surface area contributed by atoms with Crippen LogP contribution in [0.25, 0.3) is 0 Å². The molecular weight excluding hydrogens is 247 g/mol. The molecule has 0 aliphatic carbocycles. The van der Waals surface area contributed by atoms with Crippen LogP contribution in [-0.4, -0.2) is 25.1 Å². The van der Waals surface area contributed by atoms with Gasteiger partial charge >= 0.3 is 0 Å². The minimum Gasteiger partial charge on any atom is -0.484 e. The van der Waals surface area contributed by atoms with Crippen LogP contribution in [0.2, 0.25) is 0 Å². The summed E-state index contributed by atoms with van der Waals surface area (Å²) in [5.41, 5.74) is 6.39. The van der Waals surface area contributed by atoms with Gasteiger partial charge in [0.25, 0.3) is 5.91 Å². The molecule has 0 heterocycles. The molecule has 0 radical (unpaired) electrons. The Hall–Kier alpha value is -2.06. The second kappa shape index (κ2) is 7.39. The number of nitrogens with one attached hydrogen (secondary N) is 1. The Morgan fingerprint density at radius 3 is 2.95 bits per heavy atom. The maximum absolute atomic E-state index is 13.4. The third-order valence-electron chi connectivity index (χ3n) is 2.25. The molecule has 0 saturated carbocycles. The summed E-state index contributed by atoms with van der Waals surface area (Å²) in [5.74, 6) is 1.80. The summed E-state index contributed by atoms with van der Waals surface area (Å²) in [6.07, 6.45) is 5.54. The van der Waals surface area contributed by atoms with Crippen molar-refractivity contribution in [2.24, 2.45) is 5.73 Å². The zero-order valence-corrected chi connectivity index (χ0v) is 10.8. The van der Waals surface area contributed by atoms with E-state index in [9.17, 15) is 9.18 Å². The molecule has 0 bridgehead atoms. The lowest BCUT2D eigenvalue weighted by Gasteiger charge is -2.10. The highest BCUT2D eigenvalue weighted by molar-refractivity contribution is 5.77. The zero-order valence-electron chi connectivity index (χ0n) is 10.8. The molecule has 5 heteroatoms. The number of carbonyl (C=O) groups is 1. The standard InChI is InChI=1S/C14H17FN2O2/c1-3-4-17-14(18)9-19-13-7-11(5-10(2)16)6-12(15)8-13/h1,6-8,10H,4-5,9,16H2,2H3,(H,17,18). The molecule has 0 aliphatic rings. The highest BCUT2D eigenvalue weighted by atomic mass is 19.1. The van der Waals surface area contributed by atoms with Crippen molar-refractivity contribution in [3.05, 3.63) is 29.6 Å². The summed E-state index contributed by atoms with van der Waals surface area (Å²) in [6, 6.07) is 4.21. The average Bonchev–Trinajstić information content (AvgIpc) is 2.32. The lowest BCUT2D eigenvalue weighted by Crippen LogP contribution is -2.29. The van der Waals surface area contributed by atoms with Crippen LogP contribution in [0.4, 0.5) is 4.39 Å². The van der Waals surface area contributed by atoms with E-state index in [1.165, 1.54) is 12.1 Å². The summed E-state index contributed by atoms with van der Waals surface area (Å²) < 4.78 is 18.6. The number of terminal acetylenes is 1. The number of rotatable bonds is 6. The molecule has 0 aliphatic heterocycles. The monoisotopic (exact) mass is 264 g/mol. The van der Waals surface area contributed by atoms with Crippen LogP contribution >= 0.6 is 0 Å². The number of hydrogen-bond acceptors (Lipinski definition) is 3. The van der Waals surface area contributed by atoms with Crippen molar-refractivity contribution in [2.45, 2.75) is 19.4 Å². The van der Waals surface area contributed by atoms with Crippen molar-refractivity contribution in [3.63, 3.8) is 0 Å². The van der Waals surface area contributed by atoms with Crippen molar-refractivity contribution in [2.75, 3.05) is 13.2 Å². The normalized spacial score (nSPS) is 11.5. The summed E-state index contributed by atoms with van der Waals surface area (Å²) in [4.78, 5) is 11.3. The molecule has 19 heavy (non-hydrogen) atoms. The molecule has 102 valence electrons. The van der Waals surface area contributed by atoms with Crippen molar-refractivity contribution < 1.29 is 13.9 Å². The van der Waals surface area contributed by atoms with Gasteiger partial charge < -0.3 is 15.8 Å². The molecule has 1 rings (SSSR count). The van der Waals surface area contributed by atoms with E-state index in [4.69, 9.17) is 16.9 Å². The van der Waals surface area contributed by atoms with E-state index in [0.717, 1.165) is 5.56 Å². The maximum Gasteiger partial charge on any atom is 0.258 e. The lowest BCUT2D eigenvalue weighted by atomic mass is 10.1. The third kappa shape index (κ3) is 5.89. The van der Waals surface area contributed by atoms with Gasteiger partial charge in [-0.25, -0.2) is 4.39 Å². The van der Waals surface area contributed by atoms with E-state index in [0.29, 0.717) is 12.2 Å². The topological polar surface area (TPSA) is 64.3 Å². The Bertz CT molecular complexity index is 481. The van der Waals surface area contributed by atoms with E-state index >= 15 is 0 Å². The molecule has 1 amide bonds. The first-order valence-corrected chi connectivity index (χ1v) is 5.89. The minimum atomic E-state index is -0.419. The molecule has 0 spiro atoms. The molecule has 0 saturated heterocycles. The number of ether oxygens (including phenoxy) is 1. The number of benzene rings is 1. The van der Waals surface area contributed by atoms with Crippen LogP contribution in [-0.2, 0) is 11.2 Å². The van der Waals surface area contributed by atoms with E-state index < -0.39 is 5.82 Å². The molecule has 1 aromatic rings. The fourth-order valence-corrected chi connectivity index (χ4v) is 1.54. The van der Waals surface area contributed by atoms with Crippen LogP contribution in [0.5, 0.6) is 5.75 Å². The predicted molar refractivity (Wildman–Crippen MR) is 71.1 cm³/mol. The zero-order chi connectivity index (χ0) is 14.3. The summed E-state index contributed by atoms with van der Waals surface area (Å²) >= 11 is 0.